The molecule has 1 N–H and O–H groups in total. The lowest BCUT2D eigenvalue weighted by Crippen LogP contribution is -2.29. The smallest absolute Gasteiger partial charge is 0.244 e. The molecule has 0 aliphatic carbocycles. The predicted octanol–water partition coefficient (Wildman–Crippen LogP) is 0.790. The van der Waals surface area contributed by atoms with Crippen molar-refractivity contribution in [3.05, 3.63) is 18.0 Å². The summed E-state index contributed by atoms with van der Waals surface area (Å²) in [5, 5.41) is 3.28. The van der Waals surface area contributed by atoms with Crippen LogP contribution in [0.2, 0.25) is 0 Å². The first-order valence-electron chi connectivity index (χ1n) is 6.63. The van der Waals surface area contributed by atoms with E-state index in [1.54, 1.807) is 26.4 Å². The zero-order chi connectivity index (χ0) is 15.3. The summed E-state index contributed by atoms with van der Waals surface area (Å²) in [6.07, 6.45) is 1.65. The van der Waals surface area contributed by atoms with E-state index in [-0.39, 0.29) is 0 Å². The van der Waals surface area contributed by atoms with Crippen molar-refractivity contribution in [3.8, 4) is 0 Å². The second-order valence-corrected chi connectivity index (χ2v) is 7.18. The molecule has 0 saturated heterocycles. The maximum Gasteiger partial charge on any atom is 0.244 e. The van der Waals surface area contributed by atoms with Gasteiger partial charge in [0.1, 0.15) is 4.90 Å². The number of nitrogens with zero attached hydrogens (tertiary/aromatic N) is 2. The first-order valence-corrected chi connectivity index (χ1v) is 8.07. The standard InChI is InChI=1S/C13H25N3O3S/c1-11(2)14-9-12-8-13(10-15(12)3)20(17,18)16(4)6-7-19-5/h8,10-11,14H,6-7,9H2,1-5H3. The highest BCUT2D eigenvalue weighted by Crippen LogP contribution is 2.17. The van der Waals surface area contributed by atoms with E-state index in [2.05, 4.69) is 19.2 Å². The zero-order valence-electron chi connectivity index (χ0n) is 12.9. The van der Waals surface area contributed by atoms with Gasteiger partial charge in [-0.3, -0.25) is 0 Å². The number of aryl methyl sites for hydroxylation is 1. The third-order valence-corrected chi connectivity index (χ3v) is 4.91. The fourth-order valence-corrected chi connectivity index (χ4v) is 2.97. The van der Waals surface area contributed by atoms with Gasteiger partial charge < -0.3 is 14.6 Å². The molecule has 20 heavy (non-hydrogen) atoms. The van der Waals surface area contributed by atoms with Crippen LogP contribution in [0.25, 0.3) is 0 Å². The van der Waals surface area contributed by atoms with Crippen molar-refractivity contribution in [2.75, 3.05) is 27.3 Å². The van der Waals surface area contributed by atoms with Gasteiger partial charge >= 0.3 is 0 Å². The third-order valence-electron chi connectivity index (χ3n) is 3.09. The van der Waals surface area contributed by atoms with Crippen LogP contribution in [0.15, 0.2) is 17.2 Å². The first-order chi connectivity index (χ1) is 9.28. The van der Waals surface area contributed by atoms with Gasteiger partial charge in [0.2, 0.25) is 10.0 Å². The highest BCUT2D eigenvalue weighted by molar-refractivity contribution is 7.89. The number of hydrogen-bond donors (Lipinski definition) is 1. The summed E-state index contributed by atoms with van der Waals surface area (Å²) in [4.78, 5) is 0.319. The Morgan fingerprint density at radius 2 is 2.10 bits per heavy atom. The summed E-state index contributed by atoms with van der Waals surface area (Å²) in [5.74, 6) is 0. The van der Waals surface area contributed by atoms with Gasteiger partial charge in [0.25, 0.3) is 0 Å². The number of rotatable bonds is 8. The van der Waals surface area contributed by atoms with Gasteiger partial charge in [0, 0.05) is 52.2 Å². The minimum Gasteiger partial charge on any atom is -0.383 e. The summed E-state index contributed by atoms with van der Waals surface area (Å²) in [5.41, 5.74) is 0.942. The average Bonchev–Trinajstić information content (AvgIpc) is 2.75. The predicted molar refractivity (Wildman–Crippen MR) is 79.1 cm³/mol. The molecule has 1 aromatic heterocycles. The molecular weight excluding hydrogens is 278 g/mol. The summed E-state index contributed by atoms with van der Waals surface area (Å²) in [6, 6.07) is 2.07. The SMILES string of the molecule is COCCN(C)S(=O)(=O)c1cc(CNC(C)C)n(C)c1. The molecule has 1 heterocycles. The first kappa shape index (κ1) is 17.2. The normalized spacial score (nSPS) is 12.6. The fraction of sp³-hybridized carbons (Fsp3) is 0.692. The van der Waals surface area contributed by atoms with E-state index in [9.17, 15) is 8.42 Å². The number of likely N-dealkylation sites (N-methyl/N-ethyl adjacent to an activating group) is 1. The number of sulfonamides is 1. The van der Waals surface area contributed by atoms with Crippen molar-refractivity contribution >= 4 is 10.0 Å². The topological polar surface area (TPSA) is 63.6 Å². The molecule has 0 spiro atoms. The van der Waals surface area contributed by atoms with Crippen LogP contribution in [0.3, 0.4) is 0 Å². The molecule has 0 aromatic carbocycles. The molecule has 1 aromatic rings. The van der Waals surface area contributed by atoms with Crippen molar-refractivity contribution in [1.29, 1.82) is 0 Å². The monoisotopic (exact) mass is 303 g/mol. The Kier molecular flexibility index (Phi) is 6.19. The van der Waals surface area contributed by atoms with E-state index in [0.717, 1.165) is 5.69 Å². The van der Waals surface area contributed by atoms with Crippen molar-refractivity contribution in [2.45, 2.75) is 31.3 Å². The molecule has 0 bridgehead atoms. The van der Waals surface area contributed by atoms with Gasteiger partial charge in [-0.1, -0.05) is 13.8 Å². The molecule has 0 amide bonds. The lowest BCUT2D eigenvalue weighted by molar-refractivity contribution is 0.185. The van der Waals surface area contributed by atoms with Crippen LogP contribution in [-0.2, 0) is 28.4 Å². The van der Waals surface area contributed by atoms with Gasteiger partial charge in [-0.15, -0.1) is 0 Å². The summed E-state index contributed by atoms with van der Waals surface area (Å²) >= 11 is 0. The lowest BCUT2D eigenvalue weighted by atomic mass is 10.3. The Morgan fingerprint density at radius 1 is 1.45 bits per heavy atom. The van der Waals surface area contributed by atoms with Crippen molar-refractivity contribution in [2.24, 2.45) is 7.05 Å². The molecule has 0 aliphatic rings. The Labute approximate surface area is 121 Å². The Hall–Kier alpha value is -0.890. The molecule has 0 fully saturated rings. The van der Waals surface area contributed by atoms with Gasteiger partial charge in [-0.2, -0.15) is 4.31 Å². The van der Waals surface area contributed by atoms with Crippen LogP contribution in [0.5, 0.6) is 0 Å². The quantitative estimate of drug-likeness (QED) is 0.771. The molecule has 0 saturated carbocycles. The maximum absolute atomic E-state index is 12.4. The van der Waals surface area contributed by atoms with E-state index in [0.29, 0.717) is 30.6 Å². The van der Waals surface area contributed by atoms with Crippen LogP contribution in [0, 0.1) is 0 Å². The Bertz CT molecular complexity index is 523. The highest BCUT2D eigenvalue weighted by atomic mass is 32.2. The molecular formula is C13H25N3O3S. The van der Waals surface area contributed by atoms with Gasteiger partial charge in [0.05, 0.1) is 6.61 Å². The van der Waals surface area contributed by atoms with E-state index >= 15 is 0 Å². The van der Waals surface area contributed by atoms with Crippen molar-refractivity contribution in [1.82, 2.24) is 14.2 Å². The number of hydrogen-bond acceptors (Lipinski definition) is 4. The highest BCUT2D eigenvalue weighted by Gasteiger charge is 2.22. The zero-order valence-corrected chi connectivity index (χ0v) is 13.7. The molecule has 0 atom stereocenters. The molecule has 0 unspecified atom stereocenters. The molecule has 7 heteroatoms. The molecule has 0 radical (unpaired) electrons. The fourth-order valence-electron chi connectivity index (χ4n) is 1.72. The van der Waals surface area contributed by atoms with Crippen molar-refractivity contribution < 1.29 is 13.2 Å². The summed E-state index contributed by atoms with van der Waals surface area (Å²) in [6.45, 7) is 5.47. The Balaban J connectivity index is 2.88. The molecule has 6 nitrogen and oxygen atoms in total. The molecule has 0 aliphatic heterocycles. The van der Waals surface area contributed by atoms with Crippen LogP contribution < -0.4 is 5.32 Å². The van der Waals surface area contributed by atoms with Crippen LogP contribution >= 0.6 is 0 Å². The maximum atomic E-state index is 12.4. The number of methoxy groups -OCH3 is 1. The van der Waals surface area contributed by atoms with Gasteiger partial charge in [-0.25, -0.2) is 8.42 Å². The van der Waals surface area contributed by atoms with E-state index in [4.69, 9.17) is 4.74 Å². The number of nitrogens with one attached hydrogen (secondary N) is 1. The molecule has 116 valence electrons. The second-order valence-electron chi connectivity index (χ2n) is 5.13. The minimum absolute atomic E-state index is 0.319. The molecule has 1 rings (SSSR count). The third kappa shape index (κ3) is 4.31. The number of aromatic nitrogens is 1. The Morgan fingerprint density at radius 3 is 2.65 bits per heavy atom. The van der Waals surface area contributed by atoms with E-state index in [1.807, 2.05) is 11.6 Å². The van der Waals surface area contributed by atoms with Crippen LogP contribution in [0.4, 0.5) is 0 Å². The van der Waals surface area contributed by atoms with E-state index in [1.165, 1.54) is 4.31 Å². The minimum atomic E-state index is -3.45. The van der Waals surface area contributed by atoms with Gasteiger partial charge in [0.15, 0.2) is 0 Å². The average molecular weight is 303 g/mol. The van der Waals surface area contributed by atoms with Crippen molar-refractivity contribution in [3.63, 3.8) is 0 Å². The second kappa shape index (κ2) is 7.21. The lowest BCUT2D eigenvalue weighted by Gasteiger charge is -2.15. The number of ether oxygens (including phenoxy) is 1. The summed E-state index contributed by atoms with van der Waals surface area (Å²) < 4.78 is 32.8. The van der Waals surface area contributed by atoms with E-state index < -0.39 is 10.0 Å². The largest absolute Gasteiger partial charge is 0.383 e. The van der Waals surface area contributed by atoms with Crippen LogP contribution in [0.1, 0.15) is 19.5 Å². The van der Waals surface area contributed by atoms with Gasteiger partial charge in [-0.05, 0) is 6.07 Å². The summed E-state index contributed by atoms with van der Waals surface area (Å²) in [7, 11) is 1.52. The van der Waals surface area contributed by atoms with Crippen LogP contribution in [-0.4, -0.2) is 50.6 Å².